The number of fused-ring (bicyclic) bond motifs is 2. The average molecular weight is 341 g/mol. The third-order valence-corrected chi connectivity index (χ3v) is 5.44. The number of pyridine rings is 1. The van der Waals surface area contributed by atoms with E-state index in [1.807, 2.05) is 42.5 Å². The first kappa shape index (κ1) is 15.1. The van der Waals surface area contributed by atoms with E-state index < -0.39 is 5.41 Å². The molecule has 0 atom stereocenters. The van der Waals surface area contributed by atoms with Crippen LogP contribution in [-0.4, -0.2) is 15.9 Å². The van der Waals surface area contributed by atoms with Gasteiger partial charge in [-0.05, 0) is 43.5 Å². The fraction of sp³-hybridized carbons (Fsp3) is 0.182. The fourth-order valence-corrected chi connectivity index (χ4v) is 4.06. The van der Waals surface area contributed by atoms with Crippen molar-refractivity contribution in [2.45, 2.75) is 25.2 Å². The number of carbonyl (C=O) groups is 1. The molecule has 4 heteroatoms. The number of aromatic amines is 1. The van der Waals surface area contributed by atoms with Crippen LogP contribution in [0, 0.1) is 6.92 Å². The molecule has 26 heavy (non-hydrogen) atoms. The Labute approximate surface area is 151 Å². The lowest BCUT2D eigenvalue weighted by Gasteiger charge is -2.17. The Bertz CT molecular complexity index is 1150. The van der Waals surface area contributed by atoms with Gasteiger partial charge in [-0.25, -0.2) is 0 Å². The van der Waals surface area contributed by atoms with Crippen LogP contribution < -0.4 is 5.32 Å². The number of benzene rings is 2. The Morgan fingerprint density at radius 3 is 2.73 bits per heavy atom. The van der Waals surface area contributed by atoms with Crippen molar-refractivity contribution < 1.29 is 4.79 Å². The highest BCUT2D eigenvalue weighted by Crippen LogP contribution is 2.52. The number of nitrogens with zero attached hydrogens (tertiary/aromatic N) is 1. The molecular formula is C22H19N3O. The van der Waals surface area contributed by atoms with E-state index in [1.54, 1.807) is 6.20 Å². The van der Waals surface area contributed by atoms with Crippen LogP contribution in [0.25, 0.3) is 21.8 Å². The zero-order valence-electron chi connectivity index (χ0n) is 14.5. The third-order valence-electron chi connectivity index (χ3n) is 5.44. The van der Waals surface area contributed by atoms with Crippen molar-refractivity contribution in [3.63, 3.8) is 0 Å². The number of para-hydroxylation sites is 2. The molecule has 5 rings (SSSR count). The van der Waals surface area contributed by atoms with Crippen molar-refractivity contribution >= 4 is 33.4 Å². The molecule has 4 nitrogen and oxygen atoms in total. The number of nitrogens with one attached hydrogen (secondary N) is 2. The van der Waals surface area contributed by atoms with Gasteiger partial charge >= 0.3 is 0 Å². The van der Waals surface area contributed by atoms with E-state index in [1.165, 1.54) is 0 Å². The molecule has 0 unspecified atom stereocenters. The summed E-state index contributed by atoms with van der Waals surface area (Å²) in [5.41, 5.74) is 4.46. The summed E-state index contributed by atoms with van der Waals surface area (Å²) in [6.07, 6.45) is 3.51. The summed E-state index contributed by atoms with van der Waals surface area (Å²) in [5, 5.41) is 5.33. The first-order valence-corrected chi connectivity index (χ1v) is 8.92. The standard InChI is InChI=1S/C22H19N3O/c1-14-19(16-8-2-3-9-17(16)24-14)22(11-12-22)21(26)25-18-10-4-6-15-7-5-13-23-20(15)18/h2-10,13,24H,11-12H2,1H3,(H,25,26). The van der Waals surface area contributed by atoms with Gasteiger partial charge in [0.15, 0.2) is 0 Å². The maximum absolute atomic E-state index is 13.3. The van der Waals surface area contributed by atoms with Crippen LogP contribution in [0.1, 0.15) is 24.1 Å². The van der Waals surface area contributed by atoms with Crippen LogP contribution in [-0.2, 0) is 10.2 Å². The zero-order chi connectivity index (χ0) is 17.7. The highest BCUT2D eigenvalue weighted by molar-refractivity contribution is 6.08. The lowest BCUT2D eigenvalue weighted by molar-refractivity contribution is -0.118. The molecular weight excluding hydrogens is 322 g/mol. The molecule has 1 aliphatic carbocycles. The Balaban J connectivity index is 1.57. The molecule has 2 heterocycles. The Hall–Kier alpha value is -3.14. The van der Waals surface area contributed by atoms with Gasteiger partial charge in [0, 0.05) is 28.2 Å². The molecule has 128 valence electrons. The van der Waals surface area contributed by atoms with Crippen molar-refractivity contribution in [2.24, 2.45) is 0 Å². The largest absolute Gasteiger partial charge is 0.358 e. The van der Waals surface area contributed by atoms with Gasteiger partial charge in [0.2, 0.25) is 5.91 Å². The van der Waals surface area contributed by atoms with Crippen LogP contribution in [0.5, 0.6) is 0 Å². The van der Waals surface area contributed by atoms with Crippen molar-refractivity contribution in [2.75, 3.05) is 5.32 Å². The van der Waals surface area contributed by atoms with E-state index in [0.717, 1.165) is 51.6 Å². The second kappa shape index (κ2) is 5.43. The molecule has 2 aromatic carbocycles. The number of amides is 1. The zero-order valence-corrected chi connectivity index (χ0v) is 14.5. The smallest absolute Gasteiger partial charge is 0.235 e. The average Bonchev–Trinajstić information content (AvgIpc) is 3.38. The first-order valence-electron chi connectivity index (χ1n) is 8.92. The van der Waals surface area contributed by atoms with Gasteiger partial charge < -0.3 is 10.3 Å². The van der Waals surface area contributed by atoms with Gasteiger partial charge in [-0.15, -0.1) is 0 Å². The Morgan fingerprint density at radius 1 is 1.08 bits per heavy atom. The molecule has 1 fully saturated rings. The van der Waals surface area contributed by atoms with Gasteiger partial charge in [0.1, 0.15) is 0 Å². The number of rotatable bonds is 3. The number of H-pyrrole nitrogens is 1. The molecule has 1 saturated carbocycles. The molecule has 2 aromatic heterocycles. The second-order valence-electron chi connectivity index (χ2n) is 7.09. The number of aryl methyl sites for hydroxylation is 1. The molecule has 0 radical (unpaired) electrons. The summed E-state index contributed by atoms with van der Waals surface area (Å²) >= 11 is 0. The summed E-state index contributed by atoms with van der Waals surface area (Å²) < 4.78 is 0. The SMILES string of the molecule is Cc1[nH]c2ccccc2c1C1(C(=O)Nc2cccc3cccnc23)CC1. The van der Waals surface area contributed by atoms with Crippen molar-refractivity contribution in [1.29, 1.82) is 0 Å². The molecule has 0 aliphatic heterocycles. The predicted molar refractivity (Wildman–Crippen MR) is 104 cm³/mol. The lowest BCUT2D eigenvalue weighted by atomic mass is 9.92. The summed E-state index contributed by atoms with van der Waals surface area (Å²) in [6.45, 7) is 2.06. The monoisotopic (exact) mass is 341 g/mol. The van der Waals surface area contributed by atoms with Gasteiger partial charge in [-0.2, -0.15) is 0 Å². The van der Waals surface area contributed by atoms with Crippen LogP contribution in [0.4, 0.5) is 5.69 Å². The van der Waals surface area contributed by atoms with E-state index in [4.69, 9.17) is 0 Å². The molecule has 2 N–H and O–H groups in total. The molecule has 1 amide bonds. The first-order chi connectivity index (χ1) is 12.7. The number of anilines is 1. The molecule has 0 bridgehead atoms. The lowest BCUT2D eigenvalue weighted by Crippen LogP contribution is -2.28. The third kappa shape index (κ3) is 2.15. The molecule has 0 saturated heterocycles. The Kier molecular flexibility index (Phi) is 3.16. The van der Waals surface area contributed by atoms with Crippen molar-refractivity contribution in [1.82, 2.24) is 9.97 Å². The summed E-state index contributed by atoms with van der Waals surface area (Å²) in [7, 11) is 0. The van der Waals surface area contributed by atoms with Crippen LogP contribution in [0.3, 0.4) is 0 Å². The summed E-state index contributed by atoms with van der Waals surface area (Å²) in [6, 6.07) is 18.0. The minimum absolute atomic E-state index is 0.0588. The van der Waals surface area contributed by atoms with E-state index in [9.17, 15) is 4.79 Å². The van der Waals surface area contributed by atoms with Crippen LogP contribution in [0.2, 0.25) is 0 Å². The van der Waals surface area contributed by atoms with E-state index >= 15 is 0 Å². The van der Waals surface area contributed by atoms with Crippen LogP contribution >= 0.6 is 0 Å². The predicted octanol–water partition coefficient (Wildman–Crippen LogP) is 4.69. The highest BCUT2D eigenvalue weighted by atomic mass is 16.2. The van der Waals surface area contributed by atoms with Gasteiger partial charge in [0.05, 0.1) is 16.6 Å². The molecule has 0 spiro atoms. The molecule has 1 aliphatic rings. The minimum atomic E-state index is -0.444. The van der Waals surface area contributed by atoms with E-state index in [2.05, 4.69) is 34.3 Å². The van der Waals surface area contributed by atoms with Gasteiger partial charge in [-0.3, -0.25) is 9.78 Å². The van der Waals surface area contributed by atoms with E-state index in [-0.39, 0.29) is 5.91 Å². The normalized spacial score (nSPS) is 15.3. The number of hydrogen-bond donors (Lipinski definition) is 2. The summed E-state index contributed by atoms with van der Waals surface area (Å²) in [4.78, 5) is 21.2. The van der Waals surface area contributed by atoms with E-state index in [0.29, 0.717) is 0 Å². The molecule has 4 aromatic rings. The van der Waals surface area contributed by atoms with Crippen molar-refractivity contribution in [3.8, 4) is 0 Å². The summed E-state index contributed by atoms with van der Waals surface area (Å²) in [5.74, 6) is 0.0588. The Morgan fingerprint density at radius 2 is 1.88 bits per heavy atom. The van der Waals surface area contributed by atoms with Crippen molar-refractivity contribution in [3.05, 3.63) is 72.1 Å². The topological polar surface area (TPSA) is 57.8 Å². The maximum Gasteiger partial charge on any atom is 0.235 e. The fourth-order valence-electron chi connectivity index (χ4n) is 4.06. The second-order valence-corrected chi connectivity index (χ2v) is 7.09. The minimum Gasteiger partial charge on any atom is -0.358 e. The quantitative estimate of drug-likeness (QED) is 0.568. The number of carbonyl (C=O) groups excluding carboxylic acids is 1. The van der Waals surface area contributed by atoms with Gasteiger partial charge in [0.25, 0.3) is 0 Å². The van der Waals surface area contributed by atoms with Crippen LogP contribution in [0.15, 0.2) is 60.8 Å². The maximum atomic E-state index is 13.3. The van der Waals surface area contributed by atoms with Gasteiger partial charge in [-0.1, -0.05) is 36.4 Å². The number of aromatic nitrogens is 2. The highest BCUT2D eigenvalue weighted by Gasteiger charge is 2.53. The number of hydrogen-bond acceptors (Lipinski definition) is 2.